The van der Waals surface area contributed by atoms with Crippen molar-refractivity contribution in [3.63, 3.8) is 0 Å². The molecule has 0 amide bonds. The molecule has 1 aliphatic heterocycles. The van der Waals surface area contributed by atoms with Crippen LogP contribution in [0.5, 0.6) is 0 Å². The molecule has 1 heterocycles. The van der Waals surface area contributed by atoms with E-state index in [1.807, 2.05) is 0 Å². The maximum atomic E-state index is 3.65. The van der Waals surface area contributed by atoms with Crippen LogP contribution in [0.3, 0.4) is 0 Å². The average molecular weight is 224 g/mol. The van der Waals surface area contributed by atoms with Gasteiger partial charge in [0.05, 0.1) is 0 Å². The van der Waals surface area contributed by atoms with Crippen molar-refractivity contribution in [1.82, 2.24) is 10.2 Å². The minimum atomic E-state index is 0.734. The Bertz CT molecular complexity index is 207. The first-order valence-electron chi connectivity index (χ1n) is 6.81. The molecule has 1 aliphatic rings. The first kappa shape index (κ1) is 13.7. The van der Waals surface area contributed by atoms with Crippen LogP contribution in [0.25, 0.3) is 0 Å². The SMILES string of the molecule is CCCN1CCCC(NCC=C(C)C)CC1. The molecule has 0 bridgehead atoms. The van der Waals surface area contributed by atoms with Gasteiger partial charge in [-0.15, -0.1) is 0 Å². The van der Waals surface area contributed by atoms with Crippen LogP contribution >= 0.6 is 0 Å². The highest BCUT2D eigenvalue weighted by Crippen LogP contribution is 2.11. The Morgan fingerprint density at radius 3 is 2.81 bits per heavy atom. The van der Waals surface area contributed by atoms with Crippen molar-refractivity contribution in [2.24, 2.45) is 0 Å². The molecule has 1 unspecified atom stereocenters. The lowest BCUT2D eigenvalue weighted by atomic mass is 10.1. The van der Waals surface area contributed by atoms with Gasteiger partial charge in [0.15, 0.2) is 0 Å². The van der Waals surface area contributed by atoms with Crippen molar-refractivity contribution in [1.29, 1.82) is 0 Å². The Morgan fingerprint density at radius 1 is 1.31 bits per heavy atom. The van der Waals surface area contributed by atoms with E-state index in [2.05, 4.69) is 37.1 Å². The second kappa shape index (κ2) is 7.86. The summed E-state index contributed by atoms with van der Waals surface area (Å²) in [6.07, 6.45) is 7.59. The summed E-state index contributed by atoms with van der Waals surface area (Å²) in [5, 5.41) is 3.65. The molecule has 1 fully saturated rings. The number of nitrogens with one attached hydrogen (secondary N) is 1. The summed E-state index contributed by atoms with van der Waals surface area (Å²) in [4.78, 5) is 2.61. The van der Waals surface area contributed by atoms with Gasteiger partial charge < -0.3 is 10.2 Å². The van der Waals surface area contributed by atoms with Crippen LogP contribution in [0, 0.1) is 0 Å². The third kappa shape index (κ3) is 5.66. The minimum Gasteiger partial charge on any atom is -0.310 e. The molecular formula is C14H28N2. The zero-order valence-electron chi connectivity index (χ0n) is 11.3. The molecule has 16 heavy (non-hydrogen) atoms. The second-order valence-corrected chi connectivity index (χ2v) is 5.16. The molecular weight excluding hydrogens is 196 g/mol. The number of hydrogen-bond acceptors (Lipinski definition) is 2. The Morgan fingerprint density at radius 2 is 2.12 bits per heavy atom. The Hall–Kier alpha value is -0.340. The smallest absolute Gasteiger partial charge is 0.0139 e. The van der Waals surface area contributed by atoms with Gasteiger partial charge in [-0.1, -0.05) is 18.6 Å². The lowest BCUT2D eigenvalue weighted by Crippen LogP contribution is -2.31. The molecule has 1 atom stereocenters. The van der Waals surface area contributed by atoms with Gasteiger partial charge in [0.1, 0.15) is 0 Å². The van der Waals surface area contributed by atoms with Gasteiger partial charge in [-0.3, -0.25) is 0 Å². The van der Waals surface area contributed by atoms with Gasteiger partial charge in [-0.2, -0.15) is 0 Å². The number of allylic oxidation sites excluding steroid dienone is 1. The highest BCUT2D eigenvalue weighted by molar-refractivity contribution is 4.95. The molecule has 0 aromatic carbocycles. The summed E-state index contributed by atoms with van der Waals surface area (Å²) in [5.41, 5.74) is 1.41. The predicted molar refractivity (Wildman–Crippen MR) is 71.8 cm³/mol. The summed E-state index contributed by atoms with van der Waals surface area (Å²) in [5.74, 6) is 0. The summed E-state index contributed by atoms with van der Waals surface area (Å²) in [7, 11) is 0. The minimum absolute atomic E-state index is 0.734. The topological polar surface area (TPSA) is 15.3 Å². The van der Waals surface area contributed by atoms with E-state index in [0.29, 0.717) is 0 Å². The van der Waals surface area contributed by atoms with Gasteiger partial charge in [0.2, 0.25) is 0 Å². The van der Waals surface area contributed by atoms with Crippen molar-refractivity contribution < 1.29 is 0 Å². The van der Waals surface area contributed by atoms with E-state index in [1.165, 1.54) is 50.9 Å². The maximum Gasteiger partial charge on any atom is 0.0139 e. The van der Waals surface area contributed by atoms with E-state index < -0.39 is 0 Å². The molecule has 2 nitrogen and oxygen atoms in total. The Kier molecular flexibility index (Phi) is 6.74. The summed E-state index contributed by atoms with van der Waals surface area (Å²) in [6, 6.07) is 0.734. The fourth-order valence-electron chi connectivity index (χ4n) is 2.33. The van der Waals surface area contributed by atoms with E-state index in [9.17, 15) is 0 Å². The number of nitrogens with zero attached hydrogens (tertiary/aromatic N) is 1. The van der Waals surface area contributed by atoms with Crippen molar-refractivity contribution in [2.45, 2.75) is 52.5 Å². The Balaban J connectivity index is 2.22. The van der Waals surface area contributed by atoms with Crippen LogP contribution in [0.2, 0.25) is 0 Å². The van der Waals surface area contributed by atoms with Crippen LogP contribution in [-0.2, 0) is 0 Å². The van der Waals surface area contributed by atoms with Crippen LogP contribution < -0.4 is 5.32 Å². The number of rotatable bonds is 5. The maximum absolute atomic E-state index is 3.65. The summed E-state index contributed by atoms with van der Waals surface area (Å²) >= 11 is 0. The molecule has 2 heteroatoms. The highest BCUT2D eigenvalue weighted by Gasteiger charge is 2.15. The highest BCUT2D eigenvalue weighted by atomic mass is 15.1. The predicted octanol–water partition coefficient (Wildman–Crippen LogP) is 2.81. The molecule has 1 saturated heterocycles. The van der Waals surface area contributed by atoms with Gasteiger partial charge in [-0.05, 0) is 59.2 Å². The molecule has 0 aromatic rings. The number of hydrogen-bond donors (Lipinski definition) is 1. The van der Waals surface area contributed by atoms with Crippen molar-refractivity contribution in [3.05, 3.63) is 11.6 Å². The van der Waals surface area contributed by atoms with Crippen LogP contribution in [0.4, 0.5) is 0 Å². The molecule has 94 valence electrons. The van der Waals surface area contributed by atoms with Gasteiger partial charge in [0, 0.05) is 12.6 Å². The molecule has 0 aromatic heterocycles. The monoisotopic (exact) mass is 224 g/mol. The molecule has 0 radical (unpaired) electrons. The van der Waals surface area contributed by atoms with E-state index in [0.717, 1.165) is 12.6 Å². The normalized spacial score (nSPS) is 22.8. The molecule has 0 saturated carbocycles. The van der Waals surface area contributed by atoms with Gasteiger partial charge in [0.25, 0.3) is 0 Å². The summed E-state index contributed by atoms with van der Waals surface area (Å²) < 4.78 is 0. The van der Waals surface area contributed by atoms with E-state index >= 15 is 0 Å². The van der Waals surface area contributed by atoms with E-state index in [4.69, 9.17) is 0 Å². The largest absolute Gasteiger partial charge is 0.310 e. The van der Waals surface area contributed by atoms with Gasteiger partial charge in [-0.25, -0.2) is 0 Å². The third-order valence-electron chi connectivity index (χ3n) is 3.28. The molecule has 0 aliphatic carbocycles. The lowest BCUT2D eigenvalue weighted by Gasteiger charge is -2.19. The molecule has 0 spiro atoms. The molecule has 1 rings (SSSR count). The van der Waals surface area contributed by atoms with E-state index in [-0.39, 0.29) is 0 Å². The zero-order valence-corrected chi connectivity index (χ0v) is 11.3. The lowest BCUT2D eigenvalue weighted by molar-refractivity contribution is 0.283. The Labute approximate surface area is 101 Å². The fourth-order valence-corrected chi connectivity index (χ4v) is 2.33. The van der Waals surface area contributed by atoms with Crippen molar-refractivity contribution in [3.8, 4) is 0 Å². The standard InChI is InChI=1S/C14H28N2/c1-4-10-16-11-5-6-14(8-12-16)15-9-7-13(2)3/h7,14-15H,4-6,8-12H2,1-3H3. The van der Waals surface area contributed by atoms with Crippen molar-refractivity contribution in [2.75, 3.05) is 26.2 Å². The number of likely N-dealkylation sites (tertiary alicyclic amines) is 1. The third-order valence-corrected chi connectivity index (χ3v) is 3.28. The van der Waals surface area contributed by atoms with Crippen molar-refractivity contribution >= 4 is 0 Å². The zero-order chi connectivity index (χ0) is 11.8. The first-order valence-corrected chi connectivity index (χ1v) is 6.81. The van der Waals surface area contributed by atoms with Crippen LogP contribution in [0.15, 0.2) is 11.6 Å². The first-order chi connectivity index (χ1) is 7.72. The van der Waals surface area contributed by atoms with Crippen LogP contribution in [0.1, 0.15) is 46.5 Å². The average Bonchev–Trinajstić information content (AvgIpc) is 2.44. The van der Waals surface area contributed by atoms with E-state index in [1.54, 1.807) is 0 Å². The summed E-state index contributed by atoms with van der Waals surface area (Å²) in [6.45, 7) is 11.5. The fraction of sp³-hybridized carbons (Fsp3) is 0.857. The van der Waals surface area contributed by atoms with Crippen LogP contribution in [-0.4, -0.2) is 37.1 Å². The quantitative estimate of drug-likeness (QED) is 0.722. The van der Waals surface area contributed by atoms with Gasteiger partial charge >= 0.3 is 0 Å². The molecule has 1 N–H and O–H groups in total. The second-order valence-electron chi connectivity index (χ2n) is 5.16.